The molecule has 0 aliphatic heterocycles. The van der Waals surface area contributed by atoms with Crippen LogP contribution in [0.3, 0.4) is 0 Å². The highest BCUT2D eigenvalue weighted by atomic mass is 35.5. The molecule has 0 heterocycles. The van der Waals surface area contributed by atoms with Crippen molar-refractivity contribution in [1.29, 1.82) is 0 Å². The molecule has 1 rings (SSSR count). The Bertz CT molecular complexity index is 355. The van der Waals surface area contributed by atoms with Crippen molar-refractivity contribution in [2.45, 2.75) is 26.7 Å². The molecule has 0 saturated carbocycles. The van der Waals surface area contributed by atoms with Crippen molar-refractivity contribution in [3.05, 3.63) is 28.2 Å². The van der Waals surface area contributed by atoms with E-state index < -0.39 is 0 Å². The molecule has 0 aliphatic carbocycles. The van der Waals surface area contributed by atoms with E-state index in [0.29, 0.717) is 15.7 Å². The molecule has 1 N–H and O–H groups in total. The molecule has 0 aromatic heterocycles. The average molecular weight is 260 g/mol. The van der Waals surface area contributed by atoms with Crippen LogP contribution in [0, 0.1) is 5.92 Å². The monoisotopic (exact) mass is 259 g/mol. The zero-order valence-electron chi connectivity index (χ0n) is 9.39. The van der Waals surface area contributed by atoms with Crippen LogP contribution in [0.25, 0.3) is 0 Å². The Labute approximate surface area is 106 Å². The third-order valence-electron chi connectivity index (χ3n) is 2.49. The molecule has 16 heavy (non-hydrogen) atoms. The lowest BCUT2D eigenvalue weighted by Gasteiger charge is -2.13. The smallest absolute Gasteiger partial charge is 0.227 e. The Balaban J connectivity index is 2.76. The van der Waals surface area contributed by atoms with E-state index in [1.54, 1.807) is 18.2 Å². The highest BCUT2D eigenvalue weighted by Crippen LogP contribution is 2.23. The normalized spacial score (nSPS) is 10.6. The maximum atomic E-state index is 11.8. The molecule has 0 unspecified atom stereocenters. The standard InChI is InChI=1S/C12H15Cl2NO/c1-3-8(4-2)12(16)15-11-6-9(13)5-10(14)7-11/h5-8H,3-4H2,1-2H3,(H,15,16). The van der Waals surface area contributed by atoms with Gasteiger partial charge in [-0.05, 0) is 31.0 Å². The number of amides is 1. The Morgan fingerprint density at radius 1 is 1.19 bits per heavy atom. The molecule has 0 saturated heterocycles. The van der Waals surface area contributed by atoms with Gasteiger partial charge in [-0.2, -0.15) is 0 Å². The first-order chi connectivity index (χ1) is 7.56. The number of carbonyl (C=O) groups excluding carboxylic acids is 1. The largest absolute Gasteiger partial charge is 0.326 e. The molecule has 0 atom stereocenters. The molecule has 0 bridgehead atoms. The first kappa shape index (κ1) is 13.3. The van der Waals surface area contributed by atoms with Gasteiger partial charge in [0.1, 0.15) is 0 Å². The van der Waals surface area contributed by atoms with E-state index >= 15 is 0 Å². The predicted octanol–water partition coefficient (Wildman–Crippen LogP) is 4.37. The molecule has 0 spiro atoms. The summed E-state index contributed by atoms with van der Waals surface area (Å²) in [4.78, 5) is 11.8. The third kappa shape index (κ3) is 3.69. The number of anilines is 1. The van der Waals surface area contributed by atoms with Crippen molar-refractivity contribution < 1.29 is 4.79 Å². The predicted molar refractivity (Wildman–Crippen MR) is 69.2 cm³/mol. The van der Waals surface area contributed by atoms with Crippen LogP contribution in [0.4, 0.5) is 5.69 Å². The van der Waals surface area contributed by atoms with E-state index in [0.717, 1.165) is 12.8 Å². The number of benzene rings is 1. The number of halogens is 2. The van der Waals surface area contributed by atoms with Gasteiger partial charge in [0.25, 0.3) is 0 Å². The van der Waals surface area contributed by atoms with Gasteiger partial charge in [-0.25, -0.2) is 0 Å². The van der Waals surface area contributed by atoms with Gasteiger partial charge in [0, 0.05) is 21.7 Å². The van der Waals surface area contributed by atoms with Gasteiger partial charge >= 0.3 is 0 Å². The molecular weight excluding hydrogens is 245 g/mol. The van der Waals surface area contributed by atoms with E-state index in [2.05, 4.69) is 5.32 Å². The maximum absolute atomic E-state index is 11.8. The Kier molecular flexibility index (Phi) is 5.10. The number of hydrogen-bond acceptors (Lipinski definition) is 1. The fourth-order valence-corrected chi connectivity index (χ4v) is 2.06. The van der Waals surface area contributed by atoms with Crippen molar-refractivity contribution in [1.82, 2.24) is 0 Å². The van der Waals surface area contributed by atoms with Crippen LogP contribution < -0.4 is 5.32 Å². The summed E-state index contributed by atoms with van der Waals surface area (Å²) in [6.07, 6.45) is 1.66. The Morgan fingerprint density at radius 3 is 2.12 bits per heavy atom. The lowest BCUT2D eigenvalue weighted by molar-refractivity contribution is -0.120. The van der Waals surface area contributed by atoms with Crippen LogP contribution >= 0.6 is 23.2 Å². The summed E-state index contributed by atoms with van der Waals surface area (Å²) in [6.45, 7) is 4.00. The summed E-state index contributed by atoms with van der Waals surface area (Å²) in [5.74, 6) is 0.0566. The summed E-state index contributed by atoms with van der Waals surface area (Å²) in [7, 11) is 0. The van der Waals surface area contributed by atoms with E-state index in [4.69, 9.17) is 23.2 Å². The lowest BCUT2D eigenvalue weighted by atomic mass is 10.0. The topological polar surface area (TPSA) is 29.1 Å². The Hall–Kier alpha value is -0.730. The van der Waals surface area contributed by atoms with Crippen molar-refractivity contribution >= 4 is 34.8 Å². The van der Waals surface area contributed by atoms with Crippen LogP contribution in [0.1, 0.15) is 26.7 Å². The van der Waals surface area contributed by atoms with Gasteiger partial charge in [0.05, 0.1) is 0 Å². The summed E-state index contributed by atoms with van der Waals surface area (Å²) in [6, 6.07) is 5.01. The highest BCUT2D eigenvalue weighted by molar-refractivity contribution is 6.35. The molecule has 0 aliphatic rings. The average Bonchev–Trinajstić information content (AvgIpc) is 2.17. The minimum atomic E-state index is 0.0170. The Morgan fingerprint density at radius 2 is 1.69 bits per heavy atom. The third-order valence-corrected chi connectivity index (χ3v) is 2.92. The van der Waals surface area contributed by atoms with E-state index in [-0.39, 0.29) is 11.8 Å². The highest BCUT2D eigenvalue weighted by Gasteiger charge is 2.14. The molecule has 1 amide bonds. The molecule has 4 heteroatoms. The number of nitrogens with one attached hydrogen (secondary N) is 1. The summed E-state index contributed by atoms with van der Waals surface area (Å²) in [5.41, 5.74) is 0.648. The quantitative estimate of drug-likeness (QED) is 0.855. The number of carbonyl (C=O) groups is 1. The van der Waals surface area contributed by atoms with E-state index in [9.17, 15) is 4.79 Å². The van der Waals surface area contributed by atoms with Crippen LogP contribution in [0.2, 0.25) is 10.0 Å². The second-order valence-electron chi connectivity index (χ2n) is 3.66. The second kappa shape index (κ2) is 6.12. The van der Waals surface area contributed by atoms with Crippen LogP contribution in [0.5, 0.6) is 0 Å². The molecule has 1 aromatic rings. The van der Waals surface area contributed by atoms with Gasteiger partial charge in [-0.1, -0.05) is 37.0 Å². The van der Waals surface area contributed by atoms with Crippen LogP contribution in [-0.2, 0) is 4.79 Å². The van der Waals surface area contributed by atoms with Gasteiger partial charge in [-0.3, -0.25) is 4.79 Å². The minimum absolute atomic E-state index is 0.0170. The summed E-state index contributed by atoms with van der Waals surface area (Å²) in [5, 5.41) is 3.86. The zero-order chi connectivity index (χ0) is 12.1. The number of rotatable bonds is 4. The van der Waals surface area contributed by atoms with Crippen LogP contribution in [-0.4, -0.2) is 5.91 Å². The van der Waals surface area contributed by atoms with Crippen molar-refractivity contribution in [3.63, 3.8) is 0 Å². The molecule has 1 aromatic carbocycles. The van der Waals surface area contributed by atoms with Gasteiger partial charge in [-0.15, -0.1) is 0 Å². The second-order valence-corrected chi connectivity index (χ2v) is 4.53. The summed E-state index contributed by atoms with van der Waals surface area (Å²) < 4.78 is 0. The SMILES string of the molecule is CCC(CC)C(=O)Nc1cc(Cl)cc(Cl)c1. The molecule has 2 nitrogen and oxygen atoms in total. The lowest BCUT2D eigenvalue weighted by Crippen LogP contribution is -2.21. The van der Waals surface area contributed by atoms with Crippen molar-refractivity contribution in [2.75, 3.05) is 5.32 Å². The van der Waals surface area contributed by atoms with Crippen molar-refractivity contribution in [3.8, 4) is 0 Å². The van der Waals surface area contributed by atoms with Crippen LogP contribution in [0.15, 0.2) is 18.2 Å². The molecular formula is C12H15Cl2NO. The van der Waals surface area contributed by atoms with Gasteiger partial charge < -0.3 is 5.32 Å². The van der Waals surface area contributed by atoms with Gasteiger partial charge in [0.2, 0.25) is 5.91 Å². The minimum Gasteiger partial charge on any atom is -0.326 e. The first-order valence-electron chi connectivity index (χ1n) is 5.33. The van der Waals surface area contributed by atoms with E-state index in [1.807, 2.05) is 13.8 Å². The van der Waals surface area contributed by atoms with Crippen molar-refractivity contribution in [2.24, 2.45) is 5.92 Å². The fraction of sp³-hybridized carbons (Fsp3) is 0.417. The first-order valence-corrected chi connectivity index (χ1v) is 6.09. The molecule has 88 valence electrons. The molecule has 0 radical (unpaired) electrons. The van der Waals surface area contributed by atoms with E-state index in [1.165, 1.54) is 0 Å². The fourth-order valence-electron chi connectivity index (χ4n) is 1.53. The maximum Gasteiger partial charge on any atom is 0.227 e. The van der Waals surface area contributed by atoms with Gasteiger partial charge in [0.15, 0.2) is 0 Å². The zero-order valence-corrected chi connectivity index (χ0v) is 10.9. The molecule has 0 fully saturated rings. The summed E-state index contributed by atoms with van der Waals surface area (Å²) >= 11 is 11.7. The number of hydrogen-bond donors (Lipinski definition) is 1.